The highest BCUT2D eigenvalue weighted by Gasteiger charge is 2.04. The van der Waals surface area contributed by atoms with Gasteiger partial charge in [-0.15, -0.1) is 0 Å². The van der Waals surface area contributed by atoms with E-state index in [1.807, 2.05) is 55.5 Å². The number of carbonyl (C=O) groups is 1. The molecular weight excluding hydrogens is 284 g/mol. The molecule has 0 unspecified atom stereocenters. The van der Waals surface area contributed by atoms with Crippen molar-refractivity contribution in [2.75, 3.05) is 0 Å². The minimum atomic E-state index is -0.903. The molecule has 3 heteroatoms. The third kappa shape index (κ3) is 4.20. The SMILES string of the molecule is CCC/C(=C/C(=O)O)c1ccc(-c2ccc(Cl)cc2)cc1. The number of aliphatic carboxylic acids is 1. The van der Waals surface area contributed by atoms with Gasteiger partial charge in [0.2, 0.25) is 0 Å². The highest BCUT2D eigenvalue weighted by Crippen LogP contribution is 2.25. The molecule has 2 aromatic rings. The fraction of sp³-hybridized carbons (Fsp3) is 0.167. The van der Waals surface area contributed by atoms with Crippen molar-refractivity contribution >= 4 is 23.1 Å². The summed E-state index contributed by atoms with van der Waals surface area (Å²) in [6.07, 6.45) is 2.96. The number of halogens is 1. The van der Waals surface area contributed by atoms with Gasteiger partial charge in [-0.25, -0.2) is 4.79 Å². The van der Waals surface area contributed by atoms with Crippen LogP contribution in [0.5, 0.6) is 0 Å². The molecule has 1 N–H and O–H groups in total. The molecule has 108 valence electrons. The van der Waals surface area contributed by atoms with Crippen LogP contribution in [0.15, 0.2) is 54.6 Å². The van der Waals surface area contributed by atoms with Crippen molar-refractivity contribution < 1.29 is 9.90 Å². The predicted molar refractivity (Wildman–Crippen MR) is 87.4 cm³/mol. The number of carboxylic acids is 1. The molecule has 0 heterocycles. The summed E-state index contributed by atoms with van der Waals surface area (Å²) >= 11 is 5.89. The van der Waals surface area contributed by atoms with E-state index < -0.39 is 5.97 Å². The Kier molecular flexibility index (Phi) is 5.18. The average Bonchev–Trinajstić information content (AvgIpc) is 2.47. The van der Waals surface area contributed by atoms with Crippen LogP contribution in [0.3, 0.4) is 0 Å². The van der Waals surface area contributed by atoms with Crippen molar-refractivity contribution in [1.82, 2.24) is 0 Å². The summed E-state index contributed by atoms with van der Waals surface area (Å²) in [5, 5.41) is 9.65. The van der Waals surface area contributed by atoms with Crippen molar-refractivity contribution in [2.45, 2.75) is 19.8 Å². The molecule has 0 atom stereocenters. The Bertz CT molecular complexity index is 640. The van der Waals surface area contributed by atoms with Gasteiger partial charge in [0.05, 0.1) is 0 Å². The highest BCUT2D eigenvalue weighted by atomic mass is 35.5. The maximum atomic E-state index is 10.9. The van der Waals surface area contributed by atoms with E-state index in [2.05, 4.69) is 0 Å². The van der Waals surface area contributed by atoms with Crippen LogP contribution in [0, 0.1) is 0 Å². The van der Waals surface area contributed by atoms with Gasteiger partial charge in [-0.3, -0.25) is 0 Å². The zero-order chi connectivity index (χ0) is 15.2. The standard InChI is InChI=1S/C18H17ClO2/c1-2-3-16(12-18(20)21)15-6-4-13(5-7-15)14-8-10-17(19)11-9-14/h4-12H,2-3H2,1H3,(H,20,21)/b16-12-. The van der Waals surface area contributed by atoms with E-state index in [4.69, 9.17) is 16.7 Å². The summed E-state index contributed by atoms with van der Waals surface area (Å²) in [6, 6.07) is 15.6. The van der Waals surface area contributed by atoms with E-state index in [1.54, 1.807) is 0 Å². The van der Waals surface area contributed by atoms with E-state index in [9.17, 15) is 4.79 Å². The van der Waals surface area contributed by atoms with Gasteiger partial charge < -0.3 is 5.11 Å². The van der Waals surface area contributed by atoms with E-state index in [0.29, 0.717) is 5.02 Å². The molecule has 0 radical (unpaired) electrons. The van der Waals surface area contributed by atoms with Crippen LogP contribution < -0.4 is 0 Å². The summed E-state index contributed by atoms with van der Waals surface area (Å²) in [5.74, 6) is -0.903. The Morgan fingerprint density at radius 2 is 1.57 bits per heavy atom. The van der Waals surface area contributed by atoms with Gasteiger partial charge >= 0.3 is 5.97 Å². The van der Waals surface area contributed by atoms with E-state index in [0.717, 1.165) is 35.1 Å². The quantitative estimate of drug-likeness (QED) is 0.763. The first kappa shape index (κ1) is 15.3. The summed E-state index contributed by atoms with van der Waals surface area (Å²) in [6.45, 7) is 2.04. The first-order chi connectivity index (χ1) is 10.1. The molecule has 0 aliphatic rings. The molecule has 0 fully saturated rings. The van der Waals surface area contributed by atoms with Crippen LogP contribution in [0.1, 0.15) is 25.3 Å². The van der Waals surface area contributed by atoms with Gasteiger partial charge in [0, 0.05) is 11.1 Å². The van der Waals surface area contributed by atoms with Crippen LogP contribution in [0.2, 0.25) is 5.02 Å². The lowest BCUT2D eigenvalue weighted by Crippen LogP contribution is -1.93. The van der Waals surface area contributed by atoms with Gasteiger partial charge in [-0.2, -0.15) is 0 Å². The lowest BCUT2D eigenvalue weighted by Gasteiger charge is -2.08. The van der Waals surface area contributed by atoms with Crippen molar-refractivity contribution in [2.24, 2.45) is 0 Å². The fourth-order valence-corrected chi connectivity index (χ4v) is 2.36. The molecule has 0 saturated carbocycles. The zero-order valence-electron chi connectivity index (χ0n) is 11.8. The number of benzene rings is 2. The van der Waals surface area contributed by atoms with Crippen molar-refractivity contribution in [3.05, 3.63) is 65.2 Å². The second-order valence-corrected chi connectivity index (χ2v) is 5.28. The third-order valence-electron chi connectivity index (χ3n) is 3.25. The Morgan fingerprint density at radius 3 is 2.05 bits per heavy atom. The molecule has 21 heavy (non-hydrogen) atoms. The monoisotopic (exact) mass is 300 g/mol. The first-order valence-corrected chi connectivity index (χ1v) is 7.28. The molecule has 0 aliphatic heterocycles. The lowest BCUT2D eigenvalue weighted by atomic mass is 9.97. The lowest BCUT2D eigenvalue weighted by molar-refractivity contribution is -0.131. The van der Waals surface area contributed by atoms with Crippen LogP contribution in [0.25, 0.3) is 16.7 Å². The molecule has 0 amide bonds. The Hall–Kier alpha value is -2.06. The second kappa shape index (κ2) is 7.09. The van der Waals surface area contributed by atoms with Gasteiger partial charge in [0.1, 0.15) is 0 Å². The molecule has 0 bridgehead atoms. The number of hydrogen-bond acceptors (Lipinski definition) is 1. The largest absolute Gasteiger partial charge is 0.478 e. The minimum absolute atomic E-state index is 0.713. The van der Waals surface area contributed by atoms with Crippen LogP contribution in [0.4, 0.5) is 0 Å². The Morgan fingerprint density at radius 1 is 1.05 bits per heavy atom. The van der Waals surface area contributed by atoms with Gasteiger partial charge in [0.25, 0.3) is 0 Å². The average molecular weight is 301 g/mol. The third-order valence-corrected chi connectivity index (χ3v) is 3.50. The summed E-state index contributed by atoms with van der Waals surface area (Å²) in [7, 11) is 0. The number of rotatable bonds is 5. The molecule has 0 aromatic heterocycles. The summed E-state index contributed by atoms with van der Waals surface area (Å²) in [5.41, 5.74) is 3.98. The van der Waals surface area contributed by atoms with E-state index in [1.165, 1.54) is 6.08 Å². The maximum absolute atomic E-state index is 10.9. The molecule has 2 aromatic carbocycles. The maximum Gasteiger partial charge on any atom is 0.328 e. The highest BCUT2D eigenvalue weighted by molar-refractivity contribution is 6.30. The minimum Gasteiger partial charge on any atom is -0.478 e. The van der Waals surface area contributed by atoms with Crippen LogP contribution in [-0.2, 0) is 4.79 Å². The van der Waals surface area contributed by atoms with E-state index >= 15 is 0 Å². The van der Waals surface area contributed by atoms with Crippen molar-refractivity contribution in [1.29, 1.82) is 0 Å². The van der Waals surface area contributed by atoms with Crippen LogP contribution in [-0.4, -0.2) is 11.1 Å². The molecule has 0 spiro atoms. The number of hydrogen-bond donors (Lipinski definition) is 1. The topological polar surface area (TPSA) is 37.3 Å². The second-order valence-electron chi connectivity index (χ2n) is 4.84. The molecular formula is C18H17ClO2. The summed E-state index contributed by atoms with van der Waals surface area (Å²) in [4.78, 5) is 10.9. The fourth-order valence-electron chi connectivity index (χ4n) is 2.24. The van der Waals surface area contributed by atoms with Gasteiger partial charge in [0.15, 0.2) is 0 Å². The van der Waals surface area contributed by atoms with Crippen molar-refractivity contribution in [3.63, 3.8) is 0 Å². The normalized spacial score (nSPS) is 11.4. The number of carboxylic acid groups (broad SMARTS) is 1. The Balaban J connectivity index is 2.29. The van der Waals surface area contributed by atoms with Gasteiger partial charge in [-0.05, 0) is 40.8 Å². The first-order valence-electron chi connectivity index (χ1n) is 6.90. The Labute approximate surface area is 129 Å². The number of allylic oxidation sites excluding steroid dienone is 1. The smallest absolute Gasteiger partial charge is 0.328 e. The van der Waals surface area contributed by atoms with E-state index in [-0.39, 0.29) is 0 Å². The van der Waals surface area contributed by atoms with Crippen molar-refractivity contribution in [3.8, 4) is 11.1 Å². The molecule has 2 nitrogen and oxygen atoms in total. The summed E-state index contributed by atoms with van der Waals surface area (Å²) < 4.78 is 0. The predicted octanol–water partition coefficient (Wildman–Crippen LogP) is 5.28. The molecule has 0 saturated heterocycles. The molecule has 0 aliphatic carbocycles. The molecule has 2 rings (SSSR count). The zero-order valence-corrected chi connectivity index (χ0v) is 12.6. The van der Waals surface area contributed by atoms with Gasteiger partial charge in [-0.1, -0.05) is 61.3 Å². The van der Waals surface area contributed by atoms with Crippen LogP contribution >= 0.6 is 11.6 Å².